The highest BCUT2D eigenvalue weighted by atomic mass is 32.2. The fourth-order valence-electron chi connectivity index (χ4n) is 3.41. The molecule has 0 saturated carbocycles. The molecule has 5 nitrogen and oxygen atoms in total. The average Bonchev–Trinajstić information content (AvgIpc) is 3.01. The molecule has 1 saturated heterocycles. The summed E-state index contributed by atoms with van der Waals surface area (Å²) in [7, 11) is -3.09. The lowest BCUT2D eigenvalue weighted by molar-refractivity contribution is 0.0680. The van der Waals surface area contributed by atoms with E-state index in [4.69, 9.17) is 4.74 Å². The molecule has 0 aromatic heterocycles. The molecule has 0 N–H and O–H groups in total. The molecule has 0 spiro atoms. The smallest absolute Gasteiger partial charge is 0.254 e. The van der Waals surface area contributed by atoms with E-state index < -0.39 is 9.84 Å². The first kappa shape index (κ1) is 19.4. The van der Waals surface area contributed by atoms with Gasteiger partial charge in [0.15, 0.2) is 9.84 Å². The number of aryl methyl sites for hydroxylation is 1. The van der Waals surface area contributed by atoms with Gasteiger partial charge in [-0.2, -0.15) is 0 Å². The molecule has 27 heavy (non-hydrogen) atoms. The molecule has 1 atom stereocenters. The van der Waals surface area contributed by atoms with Crippen LogP contribution in [0.3, 0.4) is 0 Å². The van der Waals surface area contributed by atoms with Gasteiger partial charge in [-0.1, -0.05) is 30.3 Å². The van der Waals surface area contributed by atoms with E-state index in [1.54, 1.807) is 11.0 Å². The molecule has 1 amide bonds. The maximum absolute atomic E-state index is 13.2. The number of nitrogens with zero attached hydrogens (tertiary/aromatic N) is 1. The van der Waals surface area contributed by atoms with Crippen LogP contribution in [0.4, 0.5) is 0 Å². The van der Waals surface area contributed by atoms with Crippen LogP contribution in [0.25, 0.3) is 0 Å². The van der Waals surface area contributed by atoms with Gasteiger partial charge in [-0.05, 0) is 49.6 Å². The maximum atomic E-state index is 13.2. The number of amides is 1. The fourth-order valence-corrected chi connectivity index (χ4v) is 5.14. The highest BCUT2D eigenvalue weighted by Gasteiger charge is 2.35. The first-order chi connectivity index (χ1) is 12.9. The van der Waals surface area contributed by atoms with Crippen molar-refractivity contribution in [1.29, 1.82) is 0 Å². The van der Waals surface area contributed by atoms with Crippen molar-refractivity contribution in [2.24, 2.45) is 0 Å². The Bertz CT molecular complexity index is 906. The van der Waals surface area contributed by atoms with Crippen molar-refractivity contribution in [3.63, 3.8) is 0 Å². The van der Waals surface area contributed by atoms with Gasteiger partial charge in [0.25, 0.3) is 5.91 Å². The SMILES string of the molecule is CCOc1ccc(CN(C(=O)c2ccccc2C)C2CCS(=O)(=O)C2)cc1. The van der Waals surface area contributed by atoms with Crippen LogP contribution in [0.5, 0.6) is 5.75 Å². The van der Waals surface area contributed by atoms with E-state index in [-0.39, 0.29) is 23.5 Å². The topological polar surface area (TPSA) is 63.7 Å². The van der Waals surface area contributed by atoms with Crippen LogP contribution in [0.15, 0.2) is 48.5 Å². The van der Waals surface area contributed by atoms with E-state index in [9.17, 15) is 13.2 Å². The van der Waals surface area contributed by atoms with Crippen LogP contribution < -0.4 is 4.74 Å². The van der Waals surface area contributed by atoms with Crippen molar-refractivity contribution in [2.75, 3.05) is 18.1 Å². The van der Waals surface area contributed by atoms with Crippen LogP contribution in [0, 0.1) is 6.92 Å². The fraction of sp³-hybridized carbons (Fsp3) is 0.381. The van der Waals surface area contributed by atoms with E-state index in [0.29, 0.717) is 25.1 Å². The van der Waals surface area contributed by atoms with Crippen molar-refractivity contribution in [2.45, 2.75) is 32.9 Å². The zero-order valence-electron chi connectivity index (χ0n) is 15.7. The van der Waals surface area contributed by atoms with Gasteiger partial charge in [0.05, 0.1) is 18.1 Å². The summed E-state index contributed by atoms with van der Waals surface area (Å²) in [6, 6.07) is 14.7. The molecular weight excluding hydrogens is 362 g/mol. The molecule has 6 heteroatoms. The van der Waals surface area contributed by atoms with Crippen molar-refractivity contribution in [1.82, 2.24) is 4.90 Å². The summed E-state index contributed by atoms with van der Waals surface area (Å²) < 4.78 is 29.4. The van der Waals surface area contributed by atoms with Gasteiger partial charge >= 0.3 is 0 Å². The van der Waals surface area contributed by atoms with Crippen molar-refractivity contribution in [3.8, 4) is 5.75 Å². The molecule has 0 radical (unpaired) electrons. The van der Waals surface area contributed by atoms with Gasteiger partial charge in [0.2, 0.25) is 0 Å². The van der Waals surface area contributed by atoms with Gasteiger partial charge in [-0.3, -0.25) is 4.79 Å². The summed E-state index contributed by atoms with van der Waals surface area (Å²) >= 11 is 0. The minimum atomic E-state index is -3.09. The lowest BCUT2D eigenvalue weighted by Crippen LogP contribution is -2.40. The van der Waals surface area contributed by atoms with Crippen LogP contribution in [-0.4, -0.2) is 43.4 Å². The third kappa shape index (κ3) is 4.69. The number of carbonyl (C=O) groups excluding carboxylic acids is 1. The van der Waals surface area contributed by atoms with Gasteiger partial charge in [0, 0.05) is 18.2 Å². The molecule has 1 unspecified atom stereocenters. The van der Waals surface area contributed by atoms with E-state index in [1.807, 2.05) is 56.3 Å². The molecule has 2 aromatic rings. The number of sulfone groups is 1. The van der Waals surface area contributed by atoms with Crippen molar-refractivity contribution < 1.29 is 17.9 Å². The van der Waals surface area contributed by atoms with Gasteiger partial charge < -0.3 is 9.64 Å². The molecule has 3 rings (SSSR count). The second-order valence-corrected chi connectivity index (χ2v) is 9.11. The number of benzene rings is 2. The Labute approximate surface area is 160 Å². The Hall–Kier alpha value is -2.34. The third-order valence-electron chi connectivity index (χ3n) is 4.87. The zero-order chi connectivity index (χ0) is 19.4. The number of carbonyl (C=O) groups is 1. The van der Waals surface area contributed by atoms with Gasteiger partial charge in [-0.15, -0.1) is 0 Å². The molecule has 1 aliphatic heterocycles. The molecule has 1 fully saturated rings. The quantitative estimate of drug-likeness (QED) is 0.763. The molecule has 0 aliphatic carbocycles. The number of rotatable bonds is 6. The van der Waals surface area contributed by atoms with Crippen LogP contribution in [0.1, 0.15) is 34.8 Å². The summed E-state index contributed by atoms with van der Waals surface area (Å²) in [4.78, 5) is 15.0. The average molecular weight is 388 g/mol. The third-order valence-corrected chi connectivity index (χ3v) is 6.62. The summed E-state index contributed by atoms with van der Waals surface area (Å²) in [6.07, 6.45) is 0.483. The molecule has 1 aliphatic rings. The minimum absolute atomic E-state index is 0.0294. The monoisotopic (exact) mass is 387 g/mol. The molecule has 0 bridgehead atoms. The molecule has 1 heterocycles. The molecular formula is C21H25NO4S. The second-order valence-electron chi connectivity index (χ2n) is 6.88. The summed E-state index contributed by atoms with van der Waals surface area (Å²) in [5, 5.41) is 0. The predicted octanol–water partition coefficient (Wildman–Crippen LogP) is 3.22. The number of hydrogen-bond donors (Lipinski definition) is 0. The zero-order valence-corrected chi connectivity index (χ0v) is 16.5. The van der Waals surface area contributed by atoms with Crippen LogP contribution in [0.2, 0.25) is 0 Å². The highest BCUT2D eigenvalue weighted by Crippen LogP contribution is 2.24. The Kier molecular flexibility index (Phi) is 5.85. The first-order valence-corrected chi connectivity index (χ1v) is 11.0. The minimum Gasteiger partial charge on any atom is -0.494 e. The lowest BCUT2D eigenvalue weighted by Gasteiger charge is -2.29. The van der Waals surface area contributed by atoms with E-state index in [1.165, 1.54) is 0 Å². The predicted molar refractivity (Wildman–Crippen MR) is 106 cm³/mol. The van der Waals surface area contributed by atoms with Crippen molar-refractivity contribution in [3.05, 3.63) is 65.2 Å². The van der Waals surface area contributed by atoms with E-state index >= 15 is 0 Å². The Morgan fingerprint density at radius 2 is 1.85 bits per heavy atom. The van der Waals surface area contributed by atoms with Crippen molar-refractivity contribution >= 4 is 15.7 Å². The number of ether oxygens (including phenoxy) is 1. The standard InChI is InChI=1S/C21H25NO4S/c1-3-26-19-10-8-17(9-11-19)14-22(18-12-13-27(24,25)15-18)21(23)20-7-5-4-6-16(20)2/h4-11,18H,3,12-15H2,1-2H3. The lowest BCUT2D eigenvalue weighted by atomic mass is 10.1. The van der Waals surface area contributed by atoms with Gasteiger partial charge in [-0.25, -0.2) is 8.42 Å². The van der Waals surface area contributed by atoms with E-state index in [2.05, 4.69) is 0 Å². The Morgan fingerprint density at radius 3 is 2.44 bits per heavy atom. The molecule has 2 aromatic carbocycles. The highest BCUT2D eigenvalue weighted by molar-refractivity contribution is 7.91. The summed E-state index contributed by atoms with van der Waals surface area (Å²) in [5.41, 5.74) is 2.46. The molecule has 144 valence electrons. The summed E-state index contributed by atoms with van der Waals surface area (Å²) in [5.74, 6) is 0.825. The van der Waals surface area contributed by atoms with Gasteiger partial charge in [0.1, 0.15) is 5.75 Å². The second kappa shape index (κ2) is 8.13. The maximum Gasteiger partial charge on any atom is 0.254 e. The normalized spacial score (nSPS) is 18.2. The van der Waals surface area contributed by atoms with Crippen LogP contribution >= 0.6 is 0 Å². The number of hydrogen-bond acceptors (Lipinski definition) is 4. The summed E-state index contributed by atoms with van der Waals surface area (Å²) in [6.45, 7) is 4.79. The Morgan fingerprint density at radius 1 is 1.15 bits per heavy atom. The van der Waals surface area contributed by atoms with E-state index in [0.717, 1.165) is 16.9 Å². The largest absolute Gasteiger partial charge is 0.494 e. The van der Waals surface area contributed by atoms with Crippen LogP contribution in [-0.2, 0) is 16.4 Å². The Balaban J connectivity index is 1.88. The first-order valence-electron chi connectivity index (χ1n) is 9.18.